The molecule has 0 atom stereocenters. The maximum Gasteiger partial charge on any atom is 0.325 e. The van der Waals surface area contributed by atoms with Crippen LogP contribution >= 0.6 is 58.0 Å². The van der Waals surface area contributed by atoms with Gasteiger partial charge in [-0.15, -0.1) is 0 Å². The van der Waals surface area contributed by atoms with Crippen LogP contribution in [0.4, 0.5) is 5.69 Å². The number of esters is 1. The summed E-state index contributed by atoms with van der Waals surface area (Å²) in [5.74, 6) is -2.02. The molecule has 2 aromatic rings. The molecule has 0 bridgehead atoms. The molecule has 0 aliphatic carbocycles. The van der Waals surface area contributed by atoms with Gasteiger partial charge in [0.2, 0.25) is 0 Å². The highest BCUT2D eigenvalue weighted by atomic mass is 35.5. The molecular formula is C17H11Cl5N2O4. The third-order valence-electron chi connectivity index (χ3n) is 3.22. The lowest BCUT2D eigenvalue weighted by atomic mass is 10.2. The van der Waals surface area contributed by atoms with Crippen LogP contribution < -0.4 is 10.6 Å². The van der Waals surface area contributed by atoms with E-state index >= 15 is 0 Å². The van der Waals surface area contributed by atoms with Crippen LogP contribution in [0.5, 0.6) is 0 Å². The largest absolute Gasteiger partial charge is 0.454 e. The highest BCUT2D eigenvalue weighted by Crippen LogP contribution is 2.32. The third-order valence-corrected chi connectivity index (χ3v) is 5.00. The summed E-state index contributed by atoms with van der Waals surface area (Å²) < 4.78 is 4.78. The van der Waals surface area contributed by atoms with Crippen LogP contribution in [-0.4, -0.2) is 30.9 Å². The molecule has 0 unspecified atom stereocenters. The molecule has 2 amide bonds. The molecule has 0 aliphatic rings. The molecule has 2 N–H and O–H groups in total. The van der Waals surface area contributed by atoms with Crippen molar-refractivity contribution in [3.63, 3.8) is 0 Å². The predicted octanol–water partition coefficient (Wildman–Crippen LogP) is 4.87. The number of benzene rings is 2. The average Bonchev–Trinajstić information content (AvgIpc) is 2.64. The van der Waals surface area contributed by atoms with Crippen molar-refractivity contribution in [2.75, 3.05) is 18.5 Å². The summed E-state index contributed by atoms with van der Waals surface area (Å²) in [6.07, 6.45) is 0. The van der Waals surface area contributed by atoms with Gasteiger partial charge in [-0.3, -0.25) is 14.4 Å². The van der Waals surface area contributed by atoms with Crippen LogP contribution in [0.15, 0.2) is 30.3 Å². The fourth-order valence-electron chi connectivity index (χ4n) is 1.89. The number of anilines is 1. The third kappa shape index (κ3) is 6.43. The molecule has 6 nitrogen and oxygen atoms in total. The van der Waals surface area contributed by atoms with E-state index in [-0.39, 0.29) is 31.3 Å². The number of hydrogen-bond acceptors (Lipinski definition) is 4. The molecule has 0 heterocycles. The number of rotatable bonds is 6. The standard InChI is InChI=1S/C17H11Cl5N2O4/c18-9-2-1-8(3-10(9)19)17(27)23-6-16(26)28-7-15(25)24-14-5-12(21)11(20)4-13(14)22/h1-5H,6-7H2,(H,23,27)(H,24,25). The first-order valence-corrected chi connectivity index (χ1v) is 9.39. The number of nitrogens with one attached hydrogen (secondary N) is 2. The molecule has 28 heavy (non-hydrogen) atoms. The van der Waals surface area contributed by atoms with Crippen molar-refractivity contribution >= 4 is 81.5 Å². The number of carbonyl (C=O) groups is 3. The first-order valence-electron chi connectivity index (χ1n) is 7.50. The molecule has 0 saturated heterocycles. The van der Waals surface area contributed by atoms with E-state index < -0.39 is 30.9 Å². The minimum atomic E-state index is -0.816. The van der Waals surface area contributed by atoms with Gasteiger partial charge in [0.05, 0.1) is 30.8 Å². The normalized spacial score (nSPS) is 10.3. The lowest BCUT2D eigenvalue weighted by Gasteiger charge is -2.10. The summed E-state index contributed by atoms with van der Waals surface area (Å²) in [5.41, 5.74) is 0.430. The second-order valence-electron chi connectivity index (χ2n) is 5.27. The van der Waals surface area contributed by atoms with Gasteiger partial charge in [0.1, 0.15) is 6.54 Å². The minimum Gasteiger partial charge on any atom is -0.454 e. The zero-order valence-electron chi connectivity index (χ0n) is 13.8. The lowest BCUT2D eigenvalue weighted by Crippen LogP contribution is -2.32. The van der Waals surface area contributed by atoms with Crippen molar-refractivity contribution in [1.82, 2.24) is 5.32 Å². The topological polar surface area (TPSA) is 84.5 Å². The minimum absolute atomic E-state index is 0.169. The molecule has 11 heteroatoms. The Kier molecular flexibility index (Phi) is 8.22. The molecule has 148 valence electrons. The Hall–Kier alpha value is -1.70. The summed E-state index contributed by atoms with van der Waals surface area (Å²) in [6.45, 7) is -1.03. The zero-order chi connectivity index (χ0) is 20.8. The van der Waals surface area contributed by atoms with E-state index in [4.69, 9.17) is 62.7 Å². The van der Waals surface area contributed by atoms with Crippen LogP contribution in [0, 0.1) is 0 Å². The summed E-state index contributed by atoms with van der Waals surface area (Å²) in [5, 5.41) is 5.87. The van der Waals surface area contributed by atoms with Crippen molar-refractivity contribution in [3.8, 4) is 0 Å². The first-order chi connectivity index (χ1) is 13.2. The van der Waals surface area contributed by atoms with E-state index in [2.05, 4.69) is 10.6 Å². The second kappa shape index (κ2) is 10.2. The predicted molar refractivity (Wildman–Crippen MR) is 110 cm³/mol. The van der Waals surface area contributed by atoms with Crippen LogP contribution in [0.25, 0.3) is 0 Å². The fourth-order valence-corrected chi connectivity index (χ4v) is 2.79. The van der Waals surface area contributed by atoms with Gasteiger partial charge in [0.25, 0.3) is 11.8 Å². The number of carbonyl (C=O) groups excluding carboxylic acids is 3. The fraction of sp³-hybridized carbons (Fsp3) is 0.118. The Bertz CT molecular complexity index is 936. The number of ether oxygens (including phenoxy) is 1. The van der Waals surface area contributed by atoms with Crippen molar-refractivity contribution in [2.24, 2.45) is 0 Å². The van der Waals surface area contributed by atoms with E-state index in [0.29, 0.717) is 5.02 Å². The SMILES string of the molecule is O=C(COC(=O)CNC(=O)c1ccc(Cl)c(Cl)c1)Nc1cc(Cl)c(Cl)cc1Cl. The van der Waals surface area contributed by atoms with E-state index in [0.717, 1.165) is 0 Å². The molecule has 0 spiro atoms. The molecule has 0 aromatic heterocycles. The van der Waals surface area contributed by atoms with Gasteiger partial charge in [-0.2, -0.15) is 0 Å². The molecule has 0 aliphatic heterocycles. The maximum absolute atomic E-state index is 12.0. The molecule has 2 rings (SSSR count). The van der Waals surface area contributed by atoms with E-state index in [1.807, 2.05) is 0 Å². The van der Waals surface area contributed by atoms with Crippen molar-refractivity contribution in [1.29, 1.82) is 0 Å². The Morgan fingerprint density at radius 2 is 1.46 bits per heavy atom. The highest BCUT2D eigenvalue weighted by Gasteiger charge is 2.13. The summed E-state index contributed by atoms with van der Waals surface area (Å²) in [6, 6.07) is 6.99. The van der Waals surface area contributed by atoms with E-state index in [1.54, 1.807) is 0 Å². The summed E-state index contributed by atoms with van der Waals surface area (Å²) in [4.78, 5) is 35.5. The Morgan fingerprint density at radius 3 is 2.14 bits per heavy atom. The average molecular weight is 485 g/mol. The summed E-state index contributed by atoms with van der Waals surface area (Å²) >= 11 is 29.2. The lowest BCUT2D eigenvalue weighted by molar-refractivity contribution is -0.146. The van der Waals surface area contributed by atoms with Gasteiger partial charge in [0.15, 0.2) is 6.61 Å². The van der Waals surface area contributed by atoms with Gasteiger partial charge in [-0.05, 0) is 30.3 Å². The van der Waals surface area contributed by atoms with Gasteiger partial charge in [0, 0.05) is 5.56 Å². The van der Waals surface area contributed by atoms with Crippen molar-refractivity contribution in [2.45, 2.75) is 0 Å². The quantitative estimate of drug-likeness (QED) is 0.453. The van der Waals surface area contributed by atoms with Gasteiger partial charge in [-0.25, -0.2) is 0 Å². The monoisotopic (exact) mass is 482 g/mol. The first kappa shape index (κ1) is 22.6. The van der Waals surface area contributed by atoms with Crippen molar-refractivity contribution in [3.05, 3.63) is 61.0 Å². The summed E-state index contributed by atoms with van der Waals surface area (Å²) in [7, 11) is 0. The number of halogens is 5. The van der Waals surface area contributed by atoms with Gasteiger partial charge >= 0.3 is 5.97 Å². The molecule has 0 fully saturated rings. The second-order valence-corrected chi connectivity index (χ2v) is 7.30. The molecule has 0 saturated carbocycles. The smallest absolute Gasteiger partial charge is 0.325 e. The number of hydrogen-bond donors (Lipinski definition) is 2. The number of amides is 2. The molecule has 2 aromatic carbocycles. The Balaban J connectivity index is 1.80. The molecular weight excluding hydrogens is 473 g/mol. The van der Waals surface area contributed by atoms with Crippen LogP contribution in [-0.2, 0) is 14.3 Å². The van der Waals surface area contributed by atoms with Gasteiger partial charge in [-0.1, -0.05) is 58.0 Å². The highest BCUT2D eigenvalue weighted by molar-refractivity contribution is 6.44. The maximum atomic E-state index is 12.0. The van der Waals surface area contributed by atoms with Crippen LogP contribution in [0.1, 0.15) is 10.4 Å². The Morgan fingerprint density at radius 1 is 0.821 bits per heavy atom. The van der Waals surface area contributed by atoms with Gasteiger partial charge < -0.3 is 15.4 Å². The van der Waals surface area contributed by atoms with Crippen LogP contribution in [0.3, 0.4) is 0 Å². The van der Waals surface area contributed by atoms with E-state index in [1.165, 1.54) is 30.3 Å². The van der Waals surface area contributed by atoms with Crippen molar-refractivity contribution < 1.29 is 19.1 Å². The zero-order valence-corrected chi connectivity index (χ0v) is 17.6. The van der Waals surface area contributed by atoms with E-state index in [9.17, 15) is 14.4 Å². The molecule has 0 radical (unpaired) electrons. The Labute approximate surface area is 185 Å². The van der Waals surface area contributed by atoms with Crippen LogP contribution in [0.2, 0.25) is 25.1 Å².